The zero-order chi connectivity index (χ0) is 14.4. The van der Waals surface area contributed by atoms with Gasteiger partial charge in [-0.3, -0.25) is 10.1 Å². The van der Waals surface area contributed by atoms with Gasteiger partial charge in [-0.2, -0.15) is 0 Å². The first-order chi connectivity index (χ1) is 9.04. The summed E-state index contributed by atoms with van der Waals surface area (Å²) in [7, 11) is 0. The van der Waals surface area contributed by atoms with Crippen LogP contribution in [0.4, 0.5) is 17.3 Å². The molecule has 0 aromatic carbocycles. The number of aliphatic hydroxyl groups excluding tert-OH is 1. The Morgan fingerprint density at radius 3 is 2.58 bits per heavy atom. The zero-order valence-electron chi connectivity index (χ0n) is 11.2. The Morgan fingerprint density at radius 2 is 2.11 bits per heavy atom. The second-order valence-electron chi connectivity index (χ2n) is 4.22. The Hall–Kier alpha value is -1.89. The van der Waals surface area contributed by atoms with Crippen molar-refractivity contribution in [3.8, 4) is 0 Å². The quantitative estimate of drug-likeness (QED) is 0.574. The maximum absolute atomic E-state index is 11.1. The van der Waals surface area contributed by atoms with Crippen molar-refractivity contribution in [2.75, 3.05) is 23.8 Å². The average molecular weight is 268 g/mol. The third-order valence-corrected chi connectivity index (χ3v) is 3.07. The average Bonchev–Trinajstić information content (AvgIpc) is 2.38. The van der Waals surface area contributed by atoms with Gasteiger partial charge in [-0.15, -0.1) is 0 Å². The number of nitrogen functional groups attached to an aromatic ring is 1. The summed E-state index contributed by atoms with van der Waals surface area (Å²) in [5, 5.41) is 20.2. The van der Waals surface area contributed by atoms with Crippen LogP contribution in [0.2, 0.25) is 0 Å². The lowest BCUT2D eigenvalue weighted by Gasteiger charge is -2.30. The minimum Gasteiger partial charge on any atom is -0.395 e. The van der Waals surface area contributed by atoms with Gasteiger partial charge in [-0.05, 0) is 18.9 Å². The first-order valence-electron chi connectivity index (χ1n) is 6.33. The van der Waals surface area contributed by atoms with Crippen LogP contribution in [0.15, 0.2) is 12.1 Å². The number of pyridine rings is 1. The molecule has 1 aromatic rings. The topological polar surface area (TPSA) is 106 Å². The van der Waals surface area contributed by atoms with E-state index < -0.39 is 4.92 Å². The highest BCUT2D eigenvalue weighted by atomic mass is 16.6. The van der Waals surface area contributed by atoms with Gasteiger partial charge in [0, 0.05) is 18.7 Å². The molecule has 1 aromatic heterocycles. The molecule has 0 bridgehead atoms. The van der Waals surface area contributed by atoms with Gasteiger partial charge in [0.05, 0.1) is 11.5 Å². The van der Waals surface area contributed by atoms with Crippen molar-refractivity contribution in [2.24, 2.45) is 0 Å². The lowest BCUT2D eigenvalue weighted by atomic mass is 10.1. The van der Waals surface area contributed by atoms with Gasteiger partial charge in [-0.1, -0.05) is 13.8 Å². The Labute approximate surface area is 112 Å². The molecule has 7 nitrogen and oxygen atoms in total. The zero-order valence-corrected chi connectivity index (χ0v) is 11.2. The number of hydrogen-bond acceptors (Lipinski definition) is 6. The normalized spacial score (nSPS) is 10.7. The molecule has 3 N–H and O–H groups in total. The van der Waals surface area contributed by atoms with E-state index in [0.717, 1.165) is 12.8 Å². The molecule has 1 heterocycles. The van der Waals surface area contributed by atoms with Gasteiger partial charge in [0.2, 0.25) is 5.82 Å². The van der Waals surface area contributed by atoms with Crippen molar-refractivity contribution in [2.45, 2.75) is 32.7 Å². The molecule has 0 spiro atoms. The van der Waals surface area contributed by atoms with E-state index in [-0.39, 0.29) is 30.0 Å². The monoisotopic (exact) mass is 268 g/mol. The number of anilines is 2. The van der Waals surface area contributed by atoms with E-state index in [9.17, 15) is 10.1 Å². The minimum atomic E-state index is -0.478. The molecule has 0 aliphatic rings. The minimum absolute atomic E-state index is 0.0835. The molecule has 1 rings (SSSR count). The first kappa shape index (κ1) is 15.2. The Balaban J connectivity index is 3.27. The lowest BCUT2D eigenvalue weighted by molar-refractivity contribution is -0.384. The van der Waals surface area contributed by atoms with Crippen LogP contribution in [0, 0.1) is 10.1 Å². The molecule has 19 heavy (non-hydrogen) atoms. The van der Waals surface area contributed by atoms with Gasteiger partial charge in [0.1, 0.15) is 5.82 Å². The van der Waals surface area contributed by atoms with Crippen LogP contribution >= 0.6 is 0 Å². The predicted molar refractivity (Wildman–Crippen MR) is 74.1 cm³/mol. The summed E-state index contributed by atoms with van der Waals surface area (Å²) in [5.41, 5.74) is 5.53. The highest BCUT2D eigenvalue weighted by Gasteiger charge is 2.25. The number of rotatable bonds is 7. The lowest BCUT2D eigenvalue weighted by Crippen LogP contribution is -2.38. The molecule has 0 saturated heterocycles. The Morgan fingerprint density at radius 1 is 1.47 bits per heavy atom. The van der Waals surface area contributed by atoms with Crippen LogP contribution in [-0.2, 0) is 0 Å². The summed E-state index contributed by atoms with van der Waals surface area (Å²) in [4.78, 5) is 16.4. The van der Waals surface area contributed by atoms with Crippen LogP contribution in [0.1, 0.15) is 26.7 Å². The number of aromatic nitrogens is 1. The van der Waals surface area contributed by atoms with Crippen LogP contribution in [0.3, 0.4) is 0 Å². The van der Waals surface area contributed by atoms with Gasteiger partial charge >= 0.3 is 5.69 Å². The smallest absolute Gasteiger partial charge is 0.311 e. The van der Waals surface area contributed by atoms with Gasteiger partial charge in [0.25, 0.3) is 0 Å². The van der Waals surface area contributed by atoms with Crippen LogP contribution in [0.25, 0.3) is 0 Å². The van der Waals surface area contributed by atoms with Gasteiger partial charge in [0.15, 0.2) is 0 Å². The molecule has 0 radical (unpaired) electrons. The van der Waals surface area contributed by atoms with E-state index in [0.29, 0.717) is 6.54 Å². The maximum atomic E-state index is 11.1. The van der Waals surface area contributed by atoms with Crippen molar-refractivity contribution in [3.05, 3.63) is 22.2 Å². The molecule has 0 aliphatic heterocycles. The Bertz CT molecular complexity index is 435. The van der Waals surface area contributed by atoms with Crippen molar-refractivity contribution < 1.29 is 10.0 Å². The first-order valence-corrected chi connectivity index (χ1v) is 6.33. The predicted octanol–water partition coefficient (Wildman–Crippen LogP) is 1.56. The third-order valence-electron chi connectivity index (χ3n) is 3.07. The molecule has 0 atom stereocenters. The van der Waals surface area contributed by atoms with Crippen LogP contribution in [-0.4, -0.2) is 34.2 Å². The third kappa shape index (κ3) is 3.54. The van der Waals surface area contributed by atoms with E-state index in [1.807, 2.05) is 13.8 Å². The van der Waals surface area contributed by atoms with Crippen LogP contribution < -0.4 is 10.6 Å². The van der Waals surface area contributed by atoms with Crippen molar-refractivity contribution in [1.82, 2.24) is 4.98 Å². The maximum Gasteiger partial charge on any atom is 0.311 e. The number of nitrogens with zero attached hydrogens (tertiary/aromatic N) is 3. The molecular weight excluding hydrogens is 248 g/mol. The highest BCUT2D eigenvalue weighted by molar-refractivity contribution is 5.61. The molecule has 7 heteroatoms. The fourth-order valence-corrected chi connectivity index (χ4v) is 2.11. The van der Waals surface area contributed by atoms with E-state index in [2.05, 4.69) is 4.98 Å². The summed E-state index contributed by atoms with van der Waals surface area (Å²) in [6.45, 7) is 4.20. The summed E-state index contributed by atoms with van der Waals surface area (Å²) in [5.74, 6) is 0.460. The molecule has 106 valence electrons. The fraction of sp³-hybridized carbons (Fsp3) is 0.583. The number of hydrogen-bond donors (Lipinski definition) is 2. The molecule has 0 saturated carbocycles. The van der Waals surface area contributed by atoms with Crippen LogP contribution in [0.5, 0.6) is 0 Å². The SMILES string of the molecule is CCC(CC)N(CCO)c1nc(N)ccc1[N+](=O)[O-]. The van der Waals surface area contributed by atoms with E-state index >= 15 is 0 Å². The fourth-order valence-electron chi connectivity index (χ4n) is 2.11. The van der Waals surface area contributed by atoms with E-state index in [1.165, 1.54) is 12.1 Å². The standard InChI is InChI=1S/C12H20N4O3/c1-3-9(4-2)15(7-8-17)12-10(16(18)19)5-6-11(13)14-12/h5-6,9,17H,3-4,7-8H2,1-2H3,(H2,13,14). The van der Waals surface area contributed by atoms with E-state index in [1.54, 1.807) is 4.90 Å². The van der Waals surface area contributed by atoms with Gasteiger partial charge in [-0.25, -0.2) is 4.98 Å². The number of nitrogens with two attached hydrogens (primary N) is 1. The van der Waals surface area contributed by atoms with Crippen molar-refractivity contribution in [1.29, 1.82) is 0 Å². The van der Waals surface area contributed by atoms with Crippen molar-refractivity contribution >= 4 is 17.3 Å². The van der Waals surface area contributed by atoms with E-state index in [4.69, 9.17) is 10.8 Å². The molecule has 0 unspecified atom stereocenters. The highest BCUT2D eigenvalue weighted by Crippen LogP contribution is 2.29. The molecular formula is C12H20N4O3. The molecule has 0 amide bonds. The summed E-state index contributed by atoms with van der Waals surface area (Å²) < 4.78 is 0. The number of aliphatic hydroxyl groups is 1. The second kappa shape index (κ2) is 6.89. The molecule has 0 fully saturated rings. The summed E-state index contributed by atoms with van der Waals surface area (Å²) in [6.07, 6.45) is 1.62. The largest absolute Gasteiger partial charge is 0.395 e. The van der Waals surface area contributed by atoms with Crippen molar-refractivity contribution in [3.63, 3.8) is 0 Å². The number of nitro groups is 1. The summed E-state index contributed by atoms with van der Waals surface area (Å²) in [6, 6.07) is 2.84. The Kier molecular flexibility index (Phi) is 5.50. The van der Waals surface area contributed by atoms with Gasteiger partial charge < -0.3 is 15.7 Å². The molecule has 0 aliphatic carbocycles. The summed E-state index contributed by atoms with van der Waals surface area (Å²) >= 11 is 0. The second-order valence-corrected chi connectivity index (χ2v) is 4.22.